The van der Waals surface area contributed by atoms with Crippen molar-refractivity contribution in [3.63, 3.8) is 0 Å². The Morgan fingerprint density at radius 3 is 2.85 bits per heavy atom. The highest BCUT2D eigenvalue weighted by Crippen LogP contribution is 2.16. The first-order valence-corrected chi connectivity index (χ1v) is 7.82. The Morgan fingerprint density at radius 2 is 2.10 bits per heavy atom. The number of fused-ring (bicyclic) bond motifs is 1. The summed E-state index contributed by atoms with van der Waals surface area (Å²) in [5.41, 5.74) is 3.18. The van der Waals surface area contributed by atoms with Gasteiger partial charge in [0.05, 0.1) is 5.52 Å². The number of hydrogen-bond acceptors (Lipinski definition) is 3. The molecule has 0 aromatic carbocycles. The van der Waals surface area contributed by atoms with Gasteiger partial charge in [0, 0.05) is 19.3 Å². The van der Waals surface area contributed by atoms with Gasteiger partial charge in [-0.15, -0.1) is 0 Å². The Hall–Kier alpha value is -1.20. The lowest BCUT2D eigenvalue weighted by Gasteiger charge is -2.20. The first-order valence-electron chi connectivity index (χ1n) is 7.41. The van der Waals surface area contributed by atoms with E-state index in [1.54, 1.807) is 0 Å². The summed E-state index contributed by atoms with van der Waals surface area (Å²) < 4.78 is 2.93. The predicted molar refractivity (Wildman–Crippen MR) is 84.5 cm³/mol. The highest BCUT2D eigenvalue weighted by molar-refractivity contribution is 7.71. The summed E-state index contributed by atoms with van der Waals surface area (Å²) >= 11 is 5.45. The van der Waals surface area contributed by atoms with E-state index >= 15 is 0 Å². The zero-order valence-corrected chi connectivity index (χ0v) is 13.0. The molecule has 1 unspecified atom stereocenters. The molecule has 0 amide bonds. The van der Waals surface area contributed by atoms with Crippen LogP contribution in [0.1, 0.15) is 25.3 Å². The fourth-order valence-electron chi connectivity index (χ4n) is 3.09. The van der Waals surface area contributed by atoms with Crippen LogP contribution in [0.5, 0.6) is 0 Å². The highest BCUT2D eigenvalue weighted by Gasteiger charge is 2.16. The molecule has 1 aliphatic heterocycles. The van der Waals surface area contributed by atoms with Crippen LogP contribution in [0, 0.1) is 17.6 Å². The molecule has 2 aromatic rings. The maximum absolute atomic E-state index is 5.45. The van der Waals surface area contributed by atoms with Gasteiger partial charge in [-0.25, -0.2) is 4.98 Å². The summed E-state index contributed by atoms with van der Waals surface area (Å²) in [5.74, 6) is 0.585. The lowest BCUT2D eigenvalue weighted by Crippen LogP contribution is -2.27. The number of hydrogen-bond donors (Lipinski definition) is 1. The minimum Gasteiger partial charge on any atom is -0.329 e. The monoisotopic (exact) mass is 290 g/mol. The molecule has 108 valence electrons. The molecular weight excluding hydrogens is 268 g/mol. The zero-order chi connectivity index (χ0) is 14.1. The van der Waals surface area contributed by atoms with Crippen LogP contribution in [-0.4, -0.2) is 39.1 Å². The van der Waals surface area contributed by atoms with E-state index in [2.05, 4.69) is 39.3 Å². The lowest BCUT2D eigenvalue weighted by atomic mass is 10.1. The predicted octanol–water partition coefficient (Wildman–Crippen LogP) is 3.13. The number of aromatic nitrogens is 3. The largest absolute Gasteiger partial charge is 0.329 e. The van der Waals surface area contributed by atoms with Crippen LogP contribution in [-0.2, 0) is 6.54 Å². The maximum atomic E-state index is 5.45. The Bertz CT molecular complexity index is 651. The number of H-pyrrole nitrogens is 1. The van der Waals surface area contributed by atoms with Crippen LogP contribution in [0.4, 0.5) is 0 Å². The molecule has 2 aromatic heterocycles. The van der Waals surface area contributed by atoms with Crippen molar-refractivity contribution in [3.05, 3.63) is 22.6 Å². The van der Waals surface area contributed by atoms with Gasteiger partial charge >= 0.3 is 0 Å². The molecule has 0 bridgehead atoms. The SMILES string of the molecule is Cc1cnc2c(c1)[nH]c(=S)n2CC(C)CN1CCCC1. The number of aromatic amines is 1. The molecule has 0 saturated carbocycles. The second-order valence-electron chi connectivity index (χ2n) is 6.04. The van der Waals surface area contributed by atoms with Gasteiger partial charge in [0.2, 0.25) is 0 Å². The van der Waals surface area contributed by atoms with Crippen molar-refractivity contribution in [3.8, 4) is 0 Å². The van der Waals surface area contributed by atoms with Gasteiger partial charge < -0.3 is 14.5 Å². The molecule has 1 N–H and O–H groups in total. The van der Waals surface area contributed by atoms with Crippen LogP contribution < -0.4 is 0 Å². The molecule has 3 heterocycles. The van der Waals surface area contributed by atoms with Crippen molar-refractivity contribution in [1.82, 2.24) is 19.4 Å². The van der Waals surface area contributed by atoms with Gasteiger partial charge in [0.25, 0.3) is 0 Å². The molecule has 0 aliphatic carbocycles. The summed E-state index contributed by atoms with van der Waals surface area (Å²) in [4.78, 5) is 10.4. The Labute approximate surface area is 124 Å². The van der Waals surface area contributed by atoms with E-state index in [9.17, 15) is 0 Å². The van der Waals surface area contributed by atoms with E-state index in [1.807, 2.05) is 6.20 Å². The normalized spacial score (nSPS) is 17.9. The smallest absolute Gasteiger partial charge is 0.179 e. The second kappa shape index (κ2) is 5.66. The van der Waals surface area contributed by atoms with Crippen molar-refractivity contribution in [2.75, 3.05) is 19.6 Å². The summed E-state index contributed by atoms with van der Waals surface area (Å²) in [6.45, 7) is 8.94. The molecular formula is C15H22N4S. The standard InChI is InChI=1S/C15H22N4S/c1-11-7-13-14(16-8-11)19(15(20)17-13)10-12(2)9-18-5-3-4-6-18/h7-8,12H,3-6,9-10H2,1-2H3,(H,17,20). The number of imidazole rings is 1. The lowest BCUT2D eigenvalue weighted by molar-refractivity contribution is 0.272. The van der Waals surface area contributed by atoms with Gasteiger partial charge in [-0.1, -0.05) is 6.92 Å². The number of likely N-dealkylation sites (tertiary alicyclic amines) is 1. The van der Waals surface area contributed by atoms with E-state index < -0.39 is 0 Å². The second-order valence-corrected chi connectivity index (χ2v) is 6.42. The van der Waals surface area contributed by atoms with Crippen LogP contribution in [0.3, 0.4) is 0 Å². The topological polar surface area (TPSA) is 36.9 Å². The van der Waals surface area contributed by atoms with Gasteiger partial charge in [0.1, 0.15) is 0 Å². The zero-order valence-electron chi connectivity index (χ0n) is 12.2. The molecule has 5 heteroatoms. The van der Waals surface area contributed by atoms with E-state index in [0.29, 0.717) is 5.92 Å². The van der Waals surface area contributed by atoms with Gasteiger partial charge in [-0.2, -0.15) is 0 Å². The molecule has 0 radical (unpaired) electrons. The third-order valence-electron chi connectivity index (χ3n) is 4.01. The van der Waals surface area contributed by atoms with Crippen molar-refractivity contribution in [1.29, 1.82) is 0 Å². The Morgan fingerprint density at radius 1 is 1.35 bits per heavy atom. The average molecular weight is 290 g/mol. The number of nitrogens with zero attached hydrogens (tertiary/aromatic N) is 3. The minimum atomic E-state index is 0.585. The van der Waals surface area contributed by atoms with Crippen molar-refractivity contribution >= 4 is 23.4 Å². The summed E-state index contributed by atoms with van der Waals surface area (Å²) in [6, 6.07) is 2.11. The van der Waals surface area contributed by atoms with E-state index in [-0.39, 0.29) is 0 Å². The van der Waals surface area contributed by atoms with Crippen LogP contribution in [0.2, 0.25) is 0 Å². The van der Waals surface area contributed by atoms with Gasteiger partial charge in [0.15, 0.2) is 10.4 Å². The minimum absolute atomic E-state index is 0.585. The van der Waals surface area contributed by atoms with Crippen molar-refractivity contribution in [2.24, 2.45) is 5.92 Å². The third-order valence-corrected chi connectivity index (χ3v) is 4.33. The van der Waals surface area contributed by atoms with Crippen LogP contribution >= 0.6 is 12.2 Å². The van der Waals surface area contributed by atoms with Crippen LogP contribution in [0.25, 0.3) is 11.2 Å². The fourth-order valence-corrected chi connectivity index (χ4v) is 3.36. The molecule has 0 spiro atoms. The molecule has 4 nitrogen and oxygen atoms in total. The first kappa shape index (κ1) is 13.8. The number of aryl methyl sites for hydroxylation is 1. The number of pyridine rings is 1. The molecule has 1 aliphatic rings. The Kier molecular flexibility index (Phi) is 3.89. The molecule has 1 atom stereocenters. The average Bonchev–Trinajstić information content (AvgIpc) is 2.98. The van der Waals surface area contributed by atoms with E-state index in [1.165, 1.54) is 25.9 Å². The van der Waals surface area contributed by atoms with E-state index in [0.717, 1.165) is 34.6 Å². The summed E-state index contributed by atoms with van der Waals surface area (Å²) in [6.07, 6.45) is 4.60. The van der Waals surface area contributed by atoms with Crippen molar-refractivity contribution < 1.29 is 0 Å². The molecule has 20 heavy (non-hydrogen) atoms. The van der Waals surface area contributed by atoms with E-state index in [4.69, 9.17) is 12.2 Å². The summed E-state index contributed by atoms with van der Waals surface area (Å²) in [5, 5.41) is 0. The number of rotatable bonds is 4. The maximum Gasteiger partial charge on any atom is 0.179 e. The van der Waals surface area contributed by atoms with Crippen molar-refractivity contribution in [2.45, 2.75) is 33.2 Å². The third kappa shape index (κ3) is 2.79. The van der Waals surface area contributed by atoms with Gasteiger partial charge in [-0.05, 0) is 62.6 Å². The summed E-state index contributed by atoms with van der Waals surface area (Å²) in [7, 11) is 0. The first-order chi connectivity index (χ1) is 9.63. The quantitative estimate of drug-likeness (QED) is 0.879. The Balaban J connectivity index is 1.79. The number of nitrogens with one attached hydrogen (secondary N) is 1. The molecule has 1 fully saturated rings. The highest BCUT2D eigenvalue weighted by atomic mass is 32.1. The fraction of sp³-hybridized carbons (Fsp3) is 0.600. The molecule has 1 saturated heterocycles. The molecule has 3 rings (SSSR count). The van der Waals surface area contributed by atoms with Crippen LogP contribution in [0.15, 0.2) is 12.3 Å². The van der Waals surface area contributed by atoms with Gasteiger partial charge in [-0.3, -0.25) is 0 Å².